The van der Waals surface area contributed by atoms with Gasteiger partial charge in [0.2, 0.25) is 0 Å². The third-order valence-electron chi connectivity index (χ3n) is 3.14. The second-order valence-corrected chi connectivity index (χ2v) is 7.90. The Morgan fingerprint density at radius 3 is 1.68 bits per heavy atom. The monoisotopic (exact) mass is 290 g/mol. The van der Waals surface area contributed by atoms with E-state index in [-0.39, 0.29) is 0 Å². The van der Waals surface area contributed by atoms with Crippen molar-refractivity contribution in [2.75, 3.05) is 33.0 Å². The third-order valence-corrected chi connectivity index (χ3v) is 5.98. The molecule has 0 aromatic carbocycles. The molecule has 114 valence electrons. The van der Waals surface area contributed by atoms with Gasteiger partial charge in [-0.2, -0.15) is 0 Å². The molecular formula is C14H30O4Si. The van der Waals surface area contributed by atoms with Crippen molar-refractivity contribution in [1.29, 1.82) is 0 Å². The van der Waals surface area contributed by atoms with Crippen molar-refractivity contribution in [2.45, 2.75) is 52.5 Å². The summed E-state index contributed by atoms with van der Waals surface area (Å²) in [5.74, 6) is 0.674. The van der Waals surface area contributed by atoms with E-state index >= 15 is 0 Å². The Morgan fingerprint density at radius 2 is 1.37 bits per heavy atom. The lowest BCUT2D eigenvalue weighted by molar-refractivity contribution is -0.0364. The van der Waals surface area contributed by atoms with E-state index < -0.39 is 8.80 Å². The molecule has 1 fully saturated rings. The highest BCUT2D eigenvalue weighted by molar-refractivity contribution is 6.60. The Hall–Kier alpha value is 0.0569. The van der Waals surface area contributed by atoms with Gasteiger partial charge in [0.1, 0.15) is 0 Å². The van der Waals surface area contributed by atoms with E-state index in [2.05, 4.69) is 20.8 Å². The van der Waals surface area contributed by atoms with Gasteiger partial charge in [-0.3, -0.25) is 0 Å². The zero-order valence-corrected chi connectivity index (χ0v) is 13.8. The van der Waals surface area contributed by atoms with Crippen LogP contribution in [0.25, 0.3) is 0 Å². The first-order valence-corrected chi connectivity index (χ1v) is 9.69. The van der Waals surface area contributed by atoms with Gasteiger partial charge in [-0.15, -0.1) is 0 Å². The van der Waals surface area contributed by atoms with E-state index in [1.807, 2.05) is 0 Å². The third kappa shape index (κ3) is 6.36. The largest absolute Gasteiger partial charge is 0.500 e. The predicted molar refractivity (Wildman–Crippen MR) is 78.2 cm³/mol. The van der Waals surface area contributed by atoms with Crippen LogP contribution in [-0.4, -0.2) is 41.8 Å². The maximum atomic E-state index is 6.06. The summed E-state index contributed by atoms with van der Waals surface area (Å²) in [5, 5.41) is 0. The Bertz CT molecular complexity index is 200. The molecule has 0 saturated carbocycles. The van der Waals surface area contributed by atoms with Crippen LogP contribution in [0.4, 0.5) is 0 Å². The molecule has 1 aliphatic rings. The van der Waals surface area contributed by atoms with Crippen LogP contribution in [0, 0.1) is 5.92 Å². The maximum absolute atomic E-state index is 6.06. The lowest BCUT2D eigenvalue weighted by Crippen LogP contribution is -2.47. The minimum absolute atomic E-state index is 0.674. The quantitative estimate of drug-likeness (QED) is 0.517. The van der Waals surface area contributed by atoms with Gasteiger partial charge >= 0.3 is 8.80 Å². The molecule has 0 radical (unpaired) electrons. The molecule has 0 atom stereocenters. The summed E-state index contributed by atoms with van der Waals surface area (Å²) < 4.78 is 23.4. The van der Waals surface area contributed by atoms with E-state index in [1.165, 1.54) is 0 Å². The minimum atomic E-state index is -2.46. The number of rotatable bonds is 12. The van der Waals surface area contributed by atoms with Crippen molar-refractivity contribution in [3.05, 3.63) is 0 Å². The standard InChI is InChI=1S/C14H30O4Si/c1-4-8-16-19(17-9-5-2,18-10-6-3)11-7-14-12-15-13-14/h14H,4-13H2,1-3H3. The molecule has 0 aromatic heterocycles. The Labute approximate surface area is 119 Å². The van der Waals surface area contributed by atoms with E-state index in [0.29, 0.717) is 5.92 Å². The molecule has 0 spiro atoms. The Morgan fingerprint density at radius 1 is 0.895 bits per heavy atom. The number of hydrogen-bond acceptors (Lipinski definition) is 4. The molecule has 1 rings (SSSR count). The fourth-order valence-electron chi connectivity index (χ4n) is 1.95. The highest BCUT2D eigenvalue weighted by Crippen LogP contribution is 2.25. The average Bonchev–Trinajstić information content (AvgIpc) is 2.38. The zero-order chi connectivity index (χ0) is 14.0. The van der Waals surface area contributed by atoms with Crippen molar-refractivity contribution in [1.82, 2.24) is 0 Å². The average molecular weight is 290 g/mol. The van der Waals surface area contributed by atoms with Crippen LogP contribution in [0.3, 0.4) is 0 Å². The summed E-state index contributed by atoms with van der Waals surface area (Å²) in [6.07, 6.45) is 4.12. The summed E-state index contributed by atoms with van der Waals surface area (Å²) >= 11 is 0. The molecule has 19 heavy (non-hydrogen) atoms. The van der Waals surface area contributed by atoms with Gasteiger partial charge in [0.15, 0.2) is 0 Å². The molecule has 4 nitrogen and oxygen atoms in total. The highest BCUT2D eigenvalue weighted by Gasteiger charge is 2.41. The van der Waals surface area contributed by atoms with Crippen LogP contribution in [0.5, 0.6) is 0 Å². The van der Waals surface area contributed by atoms with Crippen molar-refractivity contribution in [3.8, 4) is 0 Å². The van der Waals surface area contributed by atoms with E-state index in [0.717, 1.165) is 64.8 Å². The van der Waals surface area contributed by atoms with Crippen LogP contribution in [0.1, 0.15) is 46.5 Å². The minimum Gasteiger partial charge on any atom is -0.381 e. The van der Waals surface area contributed by atoms with Crippen LogP contribution in [0.15, 0.2) is 0 Å². The summed E-state index contributed by atoms with van der Waals surface area (Å²) in [6, 6.07) is 0.932. The van der Waals surface area contributed by atoms with Gasteiger partial charge in [-0.25, -0.2) is 0 Å². The van der Waals surface area contributed by atoms with Crippen LogP contribution in [-0.2, 0) is 18.0 Å². The maximum Gasteiger partial charge on any atom is 0.500 e. The molecule has 0 unspecified atom stereocenters. The number of hydrogen-bond donors (Lipinski definition) is 0. The highest BCUT2D eigenvalue weighted by atomic mass is 28.4. The van der Waals surface area contributed by atoms with Gasteiger partial charge in [0.05, 0.1) is 13.2 Å². The van der Waals surface area contributed by atoms with Crippen molar-refractivity contribution >= 4 is 8.80 Å². The van der Waals surface area contributed by atoms with Crippen LogP contribution in [0.2, 0.25) is 6.04 Å². The molecule has 0 amide bonds. The first kappa shape index (κ1) is 17.1. The lowest BCUT2D eigenvalue weighted by atomic mass is 10.1. The van der Waals surface area contributed by atoms with Crippen molar-refractivity contribution in [2.24, 2.45) is 5.92 Å². The Balaban J connectivity index is 2.50. The summed E-state index contributed by atoms with van der Waals surface area (Å²) in [4.78, 5) is 0. The van der Waals surface area contributed by atoms with Gasteiger partial charge in [0, 0.05) is 31.8 Å². The molecule has 5 heteroatoms. The molecule has 0 bridgehead atoms. The fraction of sp³-hybridized carbons (Fsp3) is 1.00. The normalized spacial score (nSPS) is 16.6. The second kappa shape index (κ2) is 9.88. The van der Waals surface area contributed by atoms with Gasteiger partial charge in [0.25, 0.3) is 0 Å². The SMILES string of the molecule is CCCO[Si](CCC1COC1)(OCCC)OCCC. The molecule has 0 N–H and O–H groups in total. The lowest BCUT2D eigenvalue weighted by Gasteiger charge is -2.33. The van der Waals surface area contributed by atoms with E-state index in [9.17, 15) is 0 Å². The molecule has 1 aliphatic heterocycles. The van der Waals surface area contributed by atoms with E-state index in [1.54, 1.807) is 0 Å². The van der Waals surface area contributed by atoms with Gasteiger partial charge < -0.3 is 18.0 Å². The molecule has 1 saturated heterocycles. The topological polar surface area (TPSA) is 36.9 Å². The predicted octanol–water partition coefficient (Wildman–Crippen LogP) is 3.24. The summed E-state index contributed by atoms with van der Waals surface area (Å²) in [7, 11) is -2.46. The van der Waals surface area contributed by atoms with E-state index in [4.69, 9.17) is 18.0 Å². The first-order chi connectivity index (χ1) is 9.26. The summed E-state index contributed by atoms with van der Waals surface area (Å²) in [5.41, 5.74) is 0. The van der Waals surface area contributed by atoms with Crippen molar-refractivity contribution < 1.29 is 18.0 Å². The van der Waals surface area contributed by atoms with Crippen molar-refractivity contribution in [3.63, 3.8) is 0 Å². The number of ether oxygens (including phenoxy) is 1. The molecular weight excluding hydrogens is 260 g/mol. The smallest absolute Gasteiger partial charge is 0.381 e. The Kier molecular flexibility index (Phi) is 8.90. The van der Waals surface area contributed by atoms with Gasteiger partial charge in [-0.1, -0.05) is 20.8 Å². The van der Waals surface area contributed by atoms with Crippen LogP contribution < -0.4 is 0 Å². The zero-order valence-electron chi connectivity index (χ0n) is 12.8. The first-order valence-electron chi connectivity index (χ1n) is 7.76. The molecule has 0 aliphatic carbocycles. The van der Waals surface area contributed by atoms with Crippen LogP contribution >= 0.6 is 0 Å². The molecule has 1 heterocycles. The second-order valence-electron chi connectivity index (χ2n) is 5.17. The molecule has 0 aromatic rings. The van der Waals surface area contributed by atoms with Gasteiger partial charge in [-0.05, 0) is 25.7 Å². The fourth-order valence-corrected chi connectivity index (χ4v) is 4.94. The summed E-state index contributed by atoms with van der Waals surface area (Å²) in [6.45, 7) is 10.4.